The molecule has 0 aromatic carbocycles. The highest BCUT2D eigenvalue weighted by Gasteiger charge is 2.52. The molecule has 0 bridgehead atoms. The number of esters is 1. The Morgan fingerprint density at radius 2 is 2.10 bits per heavy atom. The predicted molar refractivity (Wildman–Crippen MR) is 107 cm³/mol. The lowest BCUT2D eigenvalue weighted by Gasteiger charge is -2.33. The summed E-state index contributed by atoms with van der Waals surface area (Å²) in [6.45, 7) is 0. The van der Waals surface area contributed by atoms with Crippen molar-refractivity contribution in [3.8, 4) is 0 Å². The van der Waals surface area contributed by atoms with Gasteiger partial charge >= 0.3 is 5.97 Å². The summed E-state index contributed by atoms with van der Waals surface area (Å²) in [4.78, 5) is 24.0. The fraction of sp³-hybridized carbons (Fsp3) is 0.647. The fourth-order valence-corrected chi connectivity index (χ4v) is 4.62. The third kappa shape index (κ3) is 4.05. The molecule has 0 unspecified atom stereocenters. The van der Waals surface area contributed by atoms with E-state index in [1.807, 2.05) is 0 Å². The first-order chi connectivity index (χ1) is 14.7. The van der Waals surface area contributed by atoms with E-state index in [2.05, 4.69) is 19.7 Å². The van der Waals surface area contributed by atoms with Crippen LogP contribution in [0.2, 0.25) is 0 Å². The van der Waals surface area contributed by atoms with E-state index in [1.165, 1.54) is 17.2 Å². The summed E-state index contributed by atoms with van der Waals surface area (Å²) in [5, 5.41) is 19.9. The molecular formula is C17H24F2N6O5S. The Morgan fingerprint density at radius 3 is 2.71 bits per heavy atom. The lowest BCUT2D eigenvalue weighted by Crippen LogP contribution is -2.62. The lowest BCUT2D eigenvalue weighted by atomic mass is 9.91. The number of aromatic nitrogens is 4. The Bertz CT molecular complexity index is 936. The van der Waals surface area contributed by atoms with Crippen LogP contribution in [0.15, 0.2) is 12.7 Å². The number of hydrogen-bond donors (Lipinski definition) is 4. The van der Waals surface area contributed by atoms with E-state index in [1.54, 1.807) is 6.26 Å². The van der Waals surface area contributed by atoms with Crippen molar-refractivity contribution in [2.45, 2.75) is 54.6 Å². The van der Waals surface area contributed by atoms with Gasteiger partial charge in [-0.3, -0.25) is 4.57 Å². The van der Waals surface area contributed by atoms with Crippen molar-refractivity contribution in [1.82, 2.24) is 19.5 Å². The quantitative estimate of drug-likeness (QED) is 0.379. The molecule has 1 fully saturated rings. The van der Waals surface area contributed by atoms with Crippen molar-refractivity contribution in [2.24, 2.45) is 5.73 Å². The van der Waals surface area contributed by atoms with Gasteiger partial charge in [0.2, 0.25) is 0 Å². The van der Waals surface area contributed by atoms with Crippen LogP contribution in [0.3, 0.4) is 0 Å². The van der Waals surface area contributed by atoms with E-state index < -0.39 is 47.7 Å². The number of hydrogen-bond acceptors (Lipinski definition) is 11. The van der Waals surface area contributed by atoms with Crippen molar-refractivity contribution >= 4 is 34.7 Å². The molecule has 0 amide bonds. The van der Waals surface area contributed by atoms with Gasteiger partial charge < -0.3 is 31.2 Å². The highest BCUT2D eigenvalue weighted by atomic mass is 32.2. The summed E-state index contributed by atoms with van der Waals surface area (Å²) >= 11 is 0.985. The maximum absolute atomic E-state index is 13.6. The number of halogens is 2. The maximum Gasteiger partial charge on any atom is 0.333 e. The van der Waals surface area contributed by atoms with Gasteiger partial charge in [0.1, 0.15) is 24.1 Å². The Labute approximate surface area is 180 Å². The molecule has 0 saturated carbocycles. The summed E-state index contributed by atoms with van der Waals surface area (Å²) < 4.78 is 39.0. The first kappa shape index (κ1) is 23.5. The second-order valence-electron chi connectivity index (χ2n) is 7.16. The van der Waals surface area contributed by atoms with Gasteiger partial charge in [0, 0.05) is 5.25 Å². The lowest BCUT2D eigenvalue weighted by molar-refractivity contribution is -0.153. The molecule has 6 N–H and O–H groups in total. The predicted octanol–water partition coefficient (Wildman–Crippen LogP) is -0.325. The number of imidazole rings is 1. The summed E-state index contributed by atoms with van der Waals surface area (Å²) in [7, 11) is 0.986. The topological polar surface area (TPSA) is 172 Å². The van der Waals surface area contributed by atoms with E-state index in [-0.39, 0.29) is 18.7 Å². The number of aliphatic hydroxyl groups excluding tert-OH is 2. The first-order valence-corrected chi connectivity index (χ1v) is 10.6. The number of thioether (sulfide) groups is 1. The second-order valence-corrected chi connectivity index (χ2v) is 8.20. The Balaban J connectivity index is 1.77. The Morgan fingerprint density at radius 1 is 1.39 bits per heavy atom. The number of carbonyl (C=O) groups is 1. The smallest absolute Gasteiger partial charge is 0.333 e. The SMILES string of the molecule is COC(=O)[C@](N)(C(F)F)[C@H](CC[C@H]1O[C@@H](n2cnc3c(N)ncnc32)[C@H](O)[C@@H]1O)SC. The summed E-state index contributed by atoms with van der Waals surface area (Å²) in [6.07, 6.45) is -3.60. The largest absolute Gasteiger partial charge is 0.467 e. The number of alkyl halides is 2. The summed E-state index contributed by atoms with van der Waals surface area (Å²) in [6, 6.07) is 0. The Hall–Kier alpha value is -2.13. The molecule has 1 aliphatic heterocycles. The van der Waals surface area contributed by atoms with Crippen molar-refractivity contribution in [3.63, 3.8) is 0 Å². The van der Waals surface area contributed by atoms with Gasteiger partial charge in [-0.1, -0.05) is 0 Å². The minimum Gasteiger partial charge on any atom is -0.467 e. The van der Waals surface area contributed by atoms with E-state index in [4.69, 9.17) is 16.2 Å². The molecule has 6 atom stereocenters. The number of methoxy groups -OCH3 is 1. The molecule has 172 valence electrons. The zero-order chi connectivity index (χ0) is 22.9. The zero-order valence-electron chi connectivity index (χ0n) is 16.8. The molecule has 0 spiro atoms. The summed E-state index contributed by atoms with van der Waals surface area (Å²) in [5.41, 5.74) is 9.59. The minimum absolute atomic E-state index is 0.00192. The molecule has 0 radical (unpaired) electrons. The second kappa shape index (κ2) is 9.16. The molecule has 14 heteroatoms. The van der Waals surface area contributed by atoms with E-state index in [0.717, 1.165) is 18.9 Å². The molecule has 2 aromatic rings. The molecular weight excluding hydrogens is 438 g/mol. The van der Waals surface area contributed by atoms with Crippen LogP contribution in [0.4, 0.5) is 14.6 Å². The monoisotopic (exact) mass is 462 g/mol. The number of aliphatic hydroxyl groups is 2. The number of nitrogen functional groups attached to an aromatic ring is 1. The molecule has 3 heterocycles. The van der Waals surface area contributed by atoms with Crippen molar-refractivity contribution in [1.29, 1.82) is 0 Å². The first-order valence-electron chi connectivity index (χ1n) is 9.29. The van der Waals surface area contributed by atoms with Gasteiger partial charge in [-0.2, -0.15) is 11.8 Å². The number of rotatable bonds is 8. The average Bonchev–Trinajstić information content (AvgIpc) is 3.30. The van der Waals surface area contributed by atoms with Crippen LogP contribution in [-0.4, -0.2) is 84.6 Å². The van der Waals surface area contributed by atoms with Crippen LogP contribution in [0.1, 0.15) is 19.1 Å². The van der Waals surface area contributed by atoms with Gasteiger partial charge in [-0.25, -0.2) is 28.5 Å². The highest BCUT2D eigenvalue weighted by Crippen LogP contribution is 2.37. The van der Waals surface area contributed by atoms with Gasteiger partial charge in [-0.05, 0) is 19.1 Å². The van der Waals surface area contributed by atoms with Crippen molar-refractivity contribution in [2.75, 3.05) is 19.1 Å². The van der Waals surface area contributed by atoms with Gasteiger partial charge in [0.15, 0.2) is 23.2 Å². The van der Waals surface area contributed by atoms with Crippen molar-refractivity contribution in [3.05, 3.63) is 12.7 Å². The zero-order valence-corrected chi connectivity index (χ0v) is 17.6. The molecule has 2 aromatic heterocycles. The fourth-order valence-electron chi connectivity index (χ4n) is 3.66. The molecule has 1 aliphatic rings. The standard InChI is InChI=1S/C17H24F2N6O5S/c1-29-16(28)17(21,15(18)19)8(31-2)4-3-7-10(26)11(27)14(30-7)25-6-24-9-12(20)22-5-23-13(9)25/h5-8,10-11,14-15,26-27H,3-4,21H2,1-2H3,(H2,20,22,23)/t7-,8+,10-,11-,14-,17-/m1/s1. The summed E-state index contributed by atoms with van der Waals surface area (Å²) in [5.74, 6) is -1.08. The van der Waals surface area contributed by atoms with Gasteiger partial charge in [0.25, 0.3) is 6.43 Å². The third-order valence-corrected chi connectivity index (χ3v) is 6.62. The van der Waals surface area contributed by atoms with Crippen LogP contribution < -0.4 is 11.5 Å². The van der Waals surface area contributed by atoms with E-state index in [0.29, 0.717) is 11.2 Å². The van der Waals surface area contributed by atoms with Gasteiger partial charge in [-0.15, -0.1) is 0 Å². The number of carbonyl (C=O) groups excluding carboxylic acids is 1. The van der Waals surface area contributed by atoms with E-state index in [9.17, 15) is 23.8 Å². The molecule has 0 aliphatic carbocycles. The number of anilines is 1. The molecule has 31 heavy (non-hydrogen) atoms. The van der Waals surface area contributed by atoms with Crippen LogP contribution in [0, 0.1) is 0 Å². The van der Waals surface area contributed by atoms with Crippen LogP contribution >= 0.6 is 11.8 Å². The number of ether oxygens (including phenoxy) is 2. The van der Waals surface area contributed by atoms with E-state index >= 15 is 0 Å². The van der Waals surface area contributed by atoms with Crippen LogP contribution in [0.5, 0.6) is 0 Å². The molecule has 11 nitrogen and oxygen atoms in total. The van der Waals surface area contributed by atoms with Gasteiger partial charge in [0.05, 0.1) is 19.5 Å². The number of nitrogens with two attached hydrogens (primary N) is 2. The average molecular weight is 462 g/mol. The molecule has 3 rings (SSSR count). The van der Waals surface area contributed by atoms with Crippen LogP contribution in [0.25, 0.3) is 11.2 Å². The highest BCUT2D eigenvalue weighted by molar-refractivity contribution is 7.99. The number of fused-ring (bicyclic) bond motifs is 1. The Kier molecular flexibility index (Phi) is 6.95. The third-order valence-electron chi connectivity index (χ3n) is 5.43. The maximum atomic E-state index is 13.6. The normalized spacial score (nSPS) is 26.8. The van der Waals surface area contributed by atoms with Crippen molar-refractivity contribution < 1.29 is 33.3 Å². The van der Waals surface area contributed by atoms with Crippen LogP contribution in [-0.2, 0) is 14.3 Å². The molecule has 1 saturated heterocycles. The number of nitrogens with zero attached hydrogens (tertiary/aromatic N) is 4. The minimum atomic E-state index is -3.16.